The minimum atomic E-state index is -3.63. The molecule has 1 aromatic carbocycles. The van der Waals surface area contributed by atoms with Crippen LogP contribution >= 0.6 is 0 Å². The second kappa shape index (κ2) is 6.36. The molecule has 0 heterocycles. The maximum Gasteiger partial charge on any atom is 0.338 e. The van der Waals surface area contributed by atoms with Gasteiger partial charge < -0.3 is 4.74 Å². The van der Waals surface area contributed by atoms with Crippen molar-refractivity contribution in [3.8, 4) is 12.3 Å². The number of sulfonamides is 1. The van der Waals surface area contributed by atoms with E-state index in [9.17, 15) is 13.2 Å². The molecule has 19 heavy (non-hydrogen) atoms. The summed E-state index contributed by atoms with van der Waals surface area (Å²) in [5, 5.41) is 0. The Morgan fingerprint density at radius 2 is 1.95 bits per heavy atom. The molecule has 0 saturated carbocycles. The molecule has 0 aliphatic heterocycles. The van der Waals surface area contributed by atoms with E-state index in [1.807, 2.05) is 0 Å². The molecular formula is C13H15NO4S. The van der Waals surface area contributed by atoms with Crippen molar-refractivity contribution in [2.75, 3.05) is 6.54 Å². The van der Waals surface area contributed by atoms with Gasteiger partial charge in [-0.25, -0.2) is 13.2 Å². The van der Waals surface area contributed by atoms with E-state index in [2.05, 4.69) is 10.6 Å². The Kier molecular flexibility index (Phi) is 5.10. The molecule has 0 spiro atoms. The van der Waals surface area contributed by atoms with E-state index < -0.39 is 16.0 Å². The summed E-state index contributed by atoms with van der Waals surface area (Å²) in [5.41, 5.74) is 0.296. The maximum absolute atomic E-state index is 11.7. The fraction of sp³-hybridized carbons (Fsp3) is 0.308. The lowest BCUT2D eigenvalue weighted by molar-refractivity contribution is 0.0378. The first-order valence-electron chi connectivity index (χ1n) is 5.61. The number of carbonyl (C=O) groups excluding carboxylic acids is 1. The number of esters is 1. The van der Waals surface area contributed by atoms with Gasteiger partial charge in [0.2, 0.25) is 10.0 Å². The molecule has 0 bridgehead atoms. The van der Waals surface area contributed by atoms with Crippen LogP contribution in [0.5, 0.6) is 0 Å². The number of rotatable bonds is 5. The number of ether oxygens (including phenoxy) is 1. The molecule has 1 rings (SSSR count). The van der Waals surface area contributed by atoms with Crippen LogP contribution in [0, 0.1) is 12.3 Å². The van der Waals surface area contributed by atoms with Crippen LogP contribution in [0.15, 0.2) is 29.2 Å². The summed E-state index contributed by atoms with van der Waals surface area (Å²) in [4.78, 5) is 11.6. The molecule has 0 saturated heterocycles. The van der Waals surface area contributed by atoms with Crippen LogP contribution in [-0.2, 0) is 14.8 Å². The third-order valence-electron chi connectivity index (χ3n) is 2.11. The molecule has 0 aliphatic rings. The van der Waals surface area contributed by atoms with E-state index in [1.54, 1.807) is 13.8 Å². The largest absolute Gasteiger partial charge is 0.459 e. The molecule has 5 nitrogen and oxygen atoms in total. The average Bonchev–Trinajstić information content (AvgIpc) is 2.36. The molecule has 0 aliphatic carbocycles. The second-order valence-electron chi connectivity index (χ2n) is 4.01. The van der Waals surface area contributed by atoms with Crippen molar-refractivity contribution in [1.82, 2.24) is 4.72 Å². The Bertz CT molecular complexity index is 582. The van der Waals surface area contributed by atoms with Gasteiger partial charge in [-0.15, -0.1) is 6.42 Å². The minimum Gasteiger partial charge on any atom is -0.459 e. The molecule has 6 heteroatoms. The monoisotopic (exact) mass is 281 g/mol. The first-order valence-corrected chi connectivity index (χ1v) is 7.09. The Morgan fingerprint density at radius 1 is 1.37 bits per heavy atom. The number of benzene rings is 1. The van der Waals surface area contributed by atoms with Gasteiger partial charge in [-0.05, 0) is 38.1 Å². The molecular weight excluding hydrogens is 266 g/mol. The summed E-state index contributed by atoms with van der Waals surface area (Å²) in [7, 11) is -3.63. The van der Waals surface area contributed by atoms with Crippen LogP contribution in [0.4, 0.5) is 0 Å². The molecule has 102 valence electrons. The summed E-state index contributed by atoms with van der Waals surface area (Å²) < 4.78 is 30.7. The van der Waals surface area contributed by atoms with Gasteiger partial charge in [0.05, 0.1) is 23.1 Å². The van der Waals surface area contributed by atoms with Gasteiger partial charge in [0.15, 0.2) is 0 Å². The third kappa shape index (κ3) is 4.39. The number of terminal acetylenes is 1. The molecule has 0 atom stereocenters. The Hall–Kier alpha value is -1.84. The first kappa shape index (κ1) is 15.2. The minimum absolute atomic E-state index is 0.0452. The fourth-order valence-electron chi connectivity index (χ4n) is 1.27. The standard InChI is InChI=1S/C13H15NO4S/c1-4-9-14-19(16,17)12-7-5-11(6-8-12)13(15)18-10(2)3/h1,5-8,10,14H,9H2,2-3H3. The van der Waals surface area contributed by atoms with Crippen LogP contribution in [0.2, 0.25) is 0 Å². The van der Waals surface area contributed by atoms with E-state index in [0.717, 1.165) is 0 Å². The molecule has 1 N–H and O–H groups in total. The summed E-state index contributed by atoms with van der Waals surface area (Å²) in [6.07, 6.45) is 4.76. The normalized spacial score (nSPS) is 11.1. The van der Waals surface area contributed by atoms with Crippen molar-refractivity contribution >= 4 is 16.0 Å². The lowest BCUT2D eigenvalue weighted by atomic mass is 10.2. The number of hydrogen-bond donors (Lipinski definition) is 1. The van der Waals surface area contributed by atoms with Gasteiger partial charge in [-0.1, -0.05) is 5.92 Å². The quantitative estimate of drug-likeness (QED) is 0.649. The molecule has 0 amide bonds. The van der Waals surface area contributed by atoms with Crippen LogP contribution in [0.25, 0.3) is 0 Å². The Labute approximate surface area is 113 Å². The number of carbonyl (C=O) groups is 1. The highest BCUT2D eigenvalue weighted by atomic mass is 32.2. The zero-order valence-corrected chi connectivity index (χ0v) is 11.5. The molecule has 0 aromatic heterocycles. The summed E-state index contributed by atoms with van der Waals surface area (Å²) in [6, 6.07) is 5.45. The third-order valence-corrected chi connectivity index (χ3v) is 3.52. The van der Waals surface area contributed by atoms with E-state index >= 15 is 0 Å². The van der Waals surface area contributed by atoms with E-state index in [0.29, 0.717) is 5.56 Å². The van der Waals surface area contributed by atoms with Gasteiger partial charge in [-0.2, -0.15) is 4.72 Å². The molecule has 0 radical (unpaired) electrons. The topological polar surface area (TPSA) is 72.5 Å². The Morgan fingerprint density at radius 3 is 2.42 bits per heavy atom. The van der Waals surface area contributed by atoms with Crippen molar-refractivity contribution in [3.63, 3.8) is 0 Å². The van der Waals surface area contributed by atoms with Crippen molar-refractivity contribution in [1.29, 1.82) is 0 Å². The first-order chi connectivity index (χ1) is 8.86. The van der Waals surface area contributed by atoms with E-state index in [1.165, 1.54) is 24.3 Å². The van der Waals surface area contributed by atoms with Gasteiger partial charge in [0.25, 0.3) is 0 Å². The predicted octanol–water partition coefficient (Wildman–Crippen LogP) is 1.16. The SMILES string of the molecule is C#CCNS(=O)(=O)c1ccc(C(=O)OC(C)C)cc1. The highest BCUT2D eigenvalue weighted by Crippen LogP contribution is 2.11. The molecule has 0 fully saturated rings. The highest BCUT2D eigenvalue weighted by Gasteiger charge is 2.14. The predicted molar refractivity (Wildman–Crippen MR) is 71.0 cm³/mol. The second-order valence-corrected chi connectivity index (χ2v) is 5.77. The van der Waals surface area contributed by atoms with Crippen LogP contribution in [0.1, 0.15) is 24.2 Å². The van der Waals surface area contributed by atoms with E-state index in [-0.39, 0.29) is 17.5 Å². The van der Waals surface area contributed by atoms with Gasteiger partial charge in [0, 0.05) is 0 Å². The maximum atomic E-state index is 11.7. The average molecular weight is 281 g/mol. The zero-order chi connectivity index (χ0) is 14.5. The van der Waals surface area contributed by atoms with Gasteiger partial charge in [-0.3, -0.25) is 0 Å². The fourth-order valence-corrected chi connectivity index (χ4v) is 2.21. The Balaban J connectivity index is 2.88. The van der Waals surface area contributed by atoms with Crippen molar-refractivity contribution < 1.29 is 17.9 Å². The number of hydrogen-bond acceptors (Lipinski definition) is 4. The lowest BCUT2D eigenvalue weighted by Gasteiger charge is -2.08. The van der Waals surface area contributed by atoms with Crippen LogP contribution in [0.3, 0.4) is 0 Å². The van der Waals surface area contributed by atoms with Crippen LogP contribution < -0.4 is 4.72 Å². The molecule has 1 aromatic rings. The molecule has 0 unspecified atom stereocenters. The van der Waals surface area contributed by atoms with Crippen molar-refractivity contribution in [3.05, 3.63) is 29.8 Å². The van der Waals surface area contributed by atoms with Crippen molar-refractivity contribution in [2.45, 2.75) is 24.8 Å². The highest BCUT2D eigenvalue weighted by molar-refractivity contribution is 7.89. The van der Waals surface area contributed by atoms with E-state index in [4.69, 9.17) is 11.2 Å². The summed E-state index contributed by atoms with van der Waals surface area (Å²) >= 11 is 0. The van der Waals surface area contributed by atoms with Gasteiger partial charge >= 0.3 is 5.97 Å². The summed E-state index contributed by atoms with van der Waals surface area (Å²) in [6.45, 7) is 3.39. The van der Waals surface area contributed by atoms with Gasteiger partial charge in [0.1, 0.15) is 0 Å². The lowest BCUT2D eigenvalue weighted by Crippen LogP contribution is -2.24. The zero-order valence-electron chi connectivity index (χ0n) is 10.7. The van der Waals surface area contributed by atoms with Crippen molar-refractivity contribution in [2.24, 2.45) is 0 Å². The van der Waals surface area contributed by atoms with Crippen LogP contribution in [-0.4, -0.2) is 27.0 Å². The summed E-state index contributed by atoms with van der Waals surface area (Å²) in [5.74, 6) is 1.69. The smallest absolute Gasteiger partial charge is 0.338 e. The number of nitrogens with one attached hydrogen (secondary N) is 1.